The second-order valence-electron chi connectivity index (χ2n) is 6.70. The van der Waals surface area contributed by atoms with Crippen LogP contribution in [0.2, 0.25) is 5.02 Å². The van der Waals surface area contributed by atoms with Gasteiger partial charge < -0.3 is 10.6 Å². The summed E-state index contributed by atoms with van der Waals surface area (Å²) >= 11 is 5.89. The highest BCUT2D eigenvalue weighted by atomic mass is 35.5. The number of rotatable bonds is 7. The fraction of sp³-hybridized carbons (Fsp3) is 0.500. The van der Waals surface area contributed by atoms with Crippen LogP contribution in [-0.4, -0.2) is 34.8 Å². The van der Waals surface area contributed by atoms with Crippen molar-refractivity contribution in [2.75, 3.05) is 6.54 Å². The van der Waals surface area contributed by atoms with Crippen molar-refractivity contribution in [2.24, 2.45) is 0 Å². The Morgan fingerprint density at radius 2 is 1.92 bits per heavy atom. The van der Waals surface area contributed by atoms with Crippen LogP contribution in [0.15, 0.2) is 24.3 Å². The molecule has 0 aromatic heterocycles. The SMILES string of the molecule is CCC(NC(=O)CCCN1C(=O)NC(C)(C)C1=O)c1ccc(Cl)cc1. The molecule has 6 nitrogen and oxygen atoms in total. The van der Waals surface area contributed by atoms with Gasteiger partial charge in [0, 0.05) is 18.0 Å². The number of nitrogens with one attached hydrogen (secondary N) is 2. The number of hydrogen-bond acceptors (Lipinski definition) is 3. The Bertz CT molecular complexity index is 658. The molecule has 25 heavy (non-hydrogen) atoms. The quantitative estimate of drug-likeness (QED) is 0.729. The van der Waals surface area contributed by atoms with Gasteiger partial charge in [-0.25, -0.2) is 4.79 Å². The van der Waals surface area contributed by atoms with E-state index in [9.17, 15) is 14.4 Å². The van der Waals surface area contributed by atoms with E-state index in [4.69, 9.17) is 11.6 Å². The lowest BCUT2D eigenvalue weighted by atomic mass is 10.0. The molecule has 1 aliphatic rings. The van der Waals surface area contributed by atoms with Crippen molar-refractivity contribution in [1.29, 1.82) is 0 Å². The van der Waals surface area contributed by atoms with Gasteiger partial charge in [-0.2, -0.15) is 0 Å². The van der Waals surface area contributed by atoms with Gasteiger partial charge in [-0.15, -0.1) is 0 Å². The monoisotopic (exact) mass is 365 g/mol. The Morgan fingerprint density at radius 3 is 2.44 bits per heavy atom. The van der Waals surface area contributed by atoms with E-state index in [1.54, 1.807) is 26.0 Å². The molecule has 1 aromatic carbocycles. The molecule has 1 aliphatic heterocycles. The van der Waals surface area contributed by atoms with Gasteiger partial charge in [-0.1, -0.05) is 30.7 Å². The number of imide groups is 1. The first-order chi connectivity index (χ1) is 11.7. The predicted octanol–water partition coefficient (Wildman–Crippen LogP) is 3.02. The summed E-state index contributed by atoms with van der Waals surface area (Å²) in [5.41, 5.74) is 0.123. The van der Waals surface area contributed by atoms with Gasteiger partial charge >= 0.3 is 6.03 Å². The van der Waals surface area contributed by atoms with Gasteiger partial charge in [0.25, 0.3) is 5.91 Å². The van der Waals surface area contributed by atoms with Crippen LogP contribution in [0.25, 0.3) is 0 Å². The summed E-state index contributed by atoms with van der Waals surface area (Å²) in [4.78, 5) is 37.2. The zero-order chi connectivity index (χ0) is 18.6. The Balaban J connectivity index is 1.83. The summed E-state index contributed by atoms with van der Waals surface area (Å²) in [6.45, 7) is 5.56. The van der Waals surface area contributed by atoms with Crippen LogP contribution >= 0.6 is 11.6 Å². The van der Waals surface area contributed by atoms with Gasteiger partial charge in [-0.05, 0) is 44.4 Å². The molecule has 1 unspecified atom stereocenters. The Morgan fingerprint density at radius 1 is 1.28 bits per heavy atom. The highest BCUT2D eigenvalue weighted by Gasteiger charge is 2.43. The number of amides is 4. The number of hydrogen-bond donors (Lipinski definition) is 2. The number of urea groups is 1. The lowest BCUT2D eigenvalue weighted by Crippen LogP contribution is -2.40. The lowest BCUT2D eigenvalue weighted by molar-refractivity contribution is -0.130. The van der Waals surface area contributed by atoms with Gasteiger partial charge in [0.2, 0.25) is 5.91 Å². The third-order valence-electron chi connectivity index (χ3n) is 4.25. The summed E-state index contributed by atoms with van der Waals surface area (Å²) in [6, 6.07) is 6.90. The second-order valence-corrected chi connectivity index (χ2v) is 7.13. The molecule has 4 amide bonds. The number of halogens is 1. The predicted molar refractivity (Wildman–Crippen MR) is 96.2 cm³/mol. The largest absolute Gasteiger partial charge is 0.349 e. The van der Waals surface area contributed by atoms with Gasteiger partial charge in [0.1, 0.15) is 5.54 Å². The van der Waals surface area contributed by atoms with E-state index in [-0.39, 0.29) is 30.8 Å². The first-order valence-corrected chi connectivity index (χ1v) is 8.81. The third kappa shape index (κ3) is 4.72. The van der Waals surface area contributed by atoms with Crippen LogP contribution in [-0.2, 0) is 9.59 Å². The average molecular weight is 366 g/mol. The molecule has 2 rings (SSSR count). The van der Waals surface area contributed by atoms with Gasteiger partial charge in [0.15, 0.2) is 0 Å². The molecule has 2 N–H and O–H groups in total. The van der Waals surface area contributed by atoms with Gasteiger partial charge in [-0.3, -0.25) is 14.5 Å². The molecular formula is C18H24ClN3O3. The van der Waals surface area contributed by atoms with E-state index in [0.29, 0.717) is 11.4 Å². The fourth-order valence-electron chi connectivity index (χ4n) is 2.80. The molecule has 1 fully saturated rings. The minimum Gasteiger partial charge on any atom is -0.349 e. The van der Waals surface area contributed by atoms with Crippen molar-refractivity contribution in [1.82, 2.24) is 15.5 Å². The maximum atomic E-state index is 12.2. The number of nitrogens with zero attached hydrogens (tertiary/aromatic N) is 1. The standard InChI is InChI=1S/C18H24ClN3O3/c1-4-14(12-7-9-13(19)10-8-12)20-15(23)6-5-11-22-16(24)18(2,3)21-17(22)25/h7-10,14H,4-6,11H2,1-3H3,(H,20,23)(H,21,25). The smallest absolute Gasteiger partial charge is 0.325 e. The van der Waals surface area contributed by atoms with Crippen molar-refractivity contribution >= 4 is 29.4 Å². The van der Waals surface area contributed by atoms with E-state index in [0.717, 1.165) is 12.0 Å². The molecule has 1 heterocycles. The Hall–Kier alpha value is -2.08. The molecular weight excluding hydrogens is 342 g/mol. The Labute approximate surface area is 152 Å². The molecule has 0 aliphatic carbocycles. The number of benzene rings is 1. The van der Waals surface area contributed by atoms with Gasteiger partial charge in [0.05, 0.1) is 6.04 Å². The van der Waals surface area contributed by atoms with Crippen molar-refractivity contribution < 1.29 is 14.4 Å². The highest BCUT2D eigenvalue weighted by molar-refractivity contribution is 6.30. The van der Waals surface area contributed by atoms with Crippen LogP contribution in [0.3, 0.4) is 0 Å². The first kappa shape index (κ1) is 19.2. The number of carbonyl (C=O) groups is 3. The third-order valence-corrected chi connectivity index (χ3v) is 4.50. The van der Waals surface area contributed by atoms with Crippen LogP contribution in [0.1, 0.15) is 51.6 Å². The van der Waals surface area contributed by atoms with Crippen LogP contribution in [0.5, 0.6) is 0 Å². The van der Waals surface area contributed by atoms with Crippen LogP contribution < -0.4 is 10.6 Å². The molecule has 0 radical (unpaired) electrons. The number of carbonyl (C=O) groups excluding carboxylic acids is 3. The minimum absolute atomic E-state index is 0.0829. The summed E-state index contributed by atoms with van der Waals surface area (Å²) in [5.74, 6) is -0.362. The molecule has 1 aromatic rings. The second kappa shape index (κ2) is 7.87. The zero-order valence-corrected chi connectivity index (χ0v) is 15.5. The molecule has 0 bridgehead atoms. The van der Waals surface area contributed by atoms with Crippen molar-refractivity contribution in [2.45, 2.75) is 51.6 Å². The van der Waals surface area contributed by atoms with Crippen molar-refractivity contribution in [3.63, 3.8) is 0 Å². The van der Waals surface area contributed by atoms with Crippen LogP contribution in [0, 0.1) is 0 Å². The average Bonchev–Trinajstić information content (AvgIpc) is 2.75. The van der Waals surface area contributed by atoms with E-state index < -0.39 is 11.6 Å². The summed E-state index contributed by atoms with van der Waals surface area (Å²) in [5, 5.41) is 6.26. The van der Waals surface area contributed by atoms with E-state index in [1.807, 2.05) is 19.1 Å². The van der Waals surface area contributed by atoms with E-state index >= 15 is 0 Å². The molecule has 1 atom stereocenters. The molecule has 7 heteroatoms. The lowest BCUT2D eigenvalue weighted by Gasteiger charge is -2.18. The summed E-state index contributed by atoms with van der Waals surface area (Å²) in [7, 11) is 0. The maximum Gasteiger partial charge on any atom is 0.325 e. The zero-order valence-electron chi connectivity index (χ0n) is 14.8. The fourth-order valence-corrected chi connectivity index (χ4v) is 2.93. The maximum absolute atomic E-state index is 12.2. The minimum atomic E-state index is -0.874. The van der Waals surface area contributed by atoms with Crippen molar-refractivity contribution in [3.05, 3.63) is 34.9 Å². The normalized spacial score (nSPS) is 17.4. The summed E-state index contributed by atoms with van der Waals surface area (Å²) in [6.07, 6.45) is 1.44. The molecule has 1 saturated heterocycles. The topological polar surface area (TPSA) is 78.5 Å². The Kier molecular flexibility index (Phi) is 6.06. The van der Waals surface area contributed by atoms with E-state index in [1.165, 1.54) is 4.90 Å². The van der Waals surface area contributed by atoms with Crippen molar-refractivity contribution in [3.8, 4) is 0 Å². The summed E-state index contributed by atoms with van der Waals surface area (Å²) < 4.78 is 0. The molecule has 0 saturated carbocycles. The molecule has 136 valence electrons. The highest BCUT2D eigenvalue weighted by Crippen LogP contribution is 2.20. The van der Waals surface area contributed by atoms with E-state index in [2.05, 4.69) is 10.6 Å². The molecule has 0 spiro atoms. The van der Waals surface area contributed by atoms with Crippen LogP contribution in [0.4, 0.5) is 4.79 Å². The first-order valence-electron chi connectivity index (χ1n) is 8.43.